The van der Waals surface area contributed by atoms with Gasteiger partial charge in [-0.05, 0) is 55.7 Å². The van der Waals surface area contributed by atoms with E-state index in [-0.39, 0.29) is 6.61 Å². The number of nitrogens with zero attached hydrogens (tertiary/aromatic N) is 2. The predicted octanol–water partition coefficient (Wildman–Crippen LogP) is 4.31. The minimum atomic E-state index is 0.0947. The lowest BCUT2D eigenvalue weighted by molar-refractivity contribution is 0.289. The van der Waals surface area contributed by atoms with Crippen LogP contribution in [0.2, 0.25) is 5.02 Å². The second-order valence-corrected chi connectivity index (χ2v) is 6.62. The molecule has 1 N–H and O–H groups in total. The van der Waals surface area contributed by atoms with Gasteiger partial charge in [0, 0.05) is 13.0 Å². The average Bonchev–Trinajstić information content (AvgIpc) is 2.90. The minimum Gasteiger partial charge on any atom is -0.492 e. The van der Waals surface area contributed by atoms with E-state index in [9.17, 15) is 5.11 Å². The summed E-state index contributed by atoms with van der Waals surface area (Å²) in [6.45, 7) is 5.66. The number of benzene rings is 2. The van der Waals surface area contributed by atoms with Gasteiger partial charge in [-0.2, -0.15) is 0 Å². The van der Waals surface area contributed by atoms with Crippen LogP contribution in [0.15, 0.2) is 36.4 Å². The summed E-state index contributed by atoms with van der Waals surface area (Å²) in [5, 5.41) is 9.96. The molecule has 5 heteroatoms. The van der Waals surface area contributed by atoms with Crippen molar-refractivity contribution in [2.24, 2.45) is 0 Å². The van der Waals surface area contributed by atoms with Crippen LogP contribution in [0, 0.1) is 13.8 Å². The summed E-state index contributed by atoms with van der Waals surface area (Å²) in [4.78, 5) is 4.70. The first-order valence-corrected chi connectivity index (χ1v) is 8.92. The van der Waals surface area contributed by atoms with Crippen molar-refractivity contribution >= 4 is 22.6 Å². The number of rotatable bonds is 7. The summed E-state index contributed by atoms with van der Waals surface area (Å²) in [6, 6.07) is 11.8. The summed E-state index contributed by atoms with van der Waals surface area (Å²) in [6.07, 6.45) is 1.39. The van der Waals surface area contributed by atoms with Crippen molar-refractivity contribution < 1.29 is 9.84 Å². The molecular formula is C20H23ClN2O2. The number of aromatic nitrogens is 2. The molecule has 0 atom stereocenters. The van der Waals surface area contributed by atoms with Gasteiger partial charge in [-0.3, -0.25) is 0 Å². The third kappa shape index (κ3) is 3.97. The lowest BCUT2D eigenvalue weighted by Crippen LogP contribution is -2.09. The highest BCUT2D eigenvalue weighted by atomic mass is 35.5. The van der Waals surface area contributed by atoms with Gasteiger partial charge in [0.05, 0.1) is 29.3 Å². The second kappa shape index (κ2) is 7.89. The molecule has 0 radical (unpaired) electrons. The molecule has 3 aromatic rings. The fourth-order valence-corrected chi connectivity index (χ4v) is 3.13. The van der Waals surface area contributed by atoms with Crippen LogP contribution in [-0.2, 0) is 13.0 Å². The van der Waals surface area contributed by atoms with Crippen LogP contribution in [0.5, 0.6) is 5.75 Å². The van der Waals surface area contributed by atoms with Gasteiger partial charge in [-0.15, -0.1) is 0 Å². The molecule has 0 saturated carbocycles. The zero-order valence-electron chi connectivity index (χ0n) is 14.6. The highest BCUT2D eigenvalue weighted by Crippen LogP contribution is 2.24. The Hall–Kier alpha value is -2.04. The quantitative estimate of drug-likeness (QED) is 0.640. The third-order valence-electron chi connectivity index (χ3n) is 4.40. The molecule has 1 heterocycles. The first kappa shape index (κ1) is 17.8. The highest BCUT2D eigenvalue weighted by molar-refractivity contribution is 6.32. The molecule has 2 aromatic carbocycles. The first-order chi connectivity index (χ1) is 12.1. The lowest BCUT2D eigenvalue weighted by Gasteiger charge is -2.11. The molecule has 132 valence electrons. The highest BCUT2D eigenvalue weighted by Gasteiger charge is 2.12. The van der Waals surface area contributed by atoms with E-state index >= 15 is 0 Å². The van der Waals surface area contributed by atoms with Crippen LogP contribution in [0.1, 0.15) is 23.4 Å². The van der Waals surface area contributed by atoms with Crippen molar-refractivity contribution in [3.05, 3.63) is 58.4 Å². The molecule has 0 aliphatic heterocycles. The maximum absolute atomic E-state index is 9.34. The standard InChI is InChI=1S/C20H23ClN2O2/c1-14-12-17-18(13-15(14)2)23(20(22-17)8-10-24)9-5-11-25-19-7-4-3-6-16(19)21/h3-4,6-7,12-13,24H,5,8-11H2,1-2H3. The number of aliphatic hydroxyl groups is 1. The van der Waals surface area contributed by atoms with E-state index in [4.69, 9.17) is 21.3 Å². The van der Waals surface area contributed by atoms with Crippen molar-refractivity contribution in [3.63, 3.8) is 0 Å². The fraction of sp³-hybridized carbons (Fsp3) is 0.350. The van der Waals surface area contributed by atoms with Crippen LogP contribution in [0.4, 0.5) is 0 Å². The average molecular weight is 359 g/mol. The Morgan fingerprint density at radius 1 is 1.16 bits per heavy atom. The Kier molecular flexibility index (Phi) is 5.61. The Morgan fingerprint density at radius 2 is 1.92 bits per heavy atom. The Morgan fingerprint density at radius 3 is 2.68 bits per heavy atom. The number of fused-ring (bicyclic) bond motifs is 1. The Bertz CT molecular complexity index is 874. The number of para-hydroxylation sites is 1. The van der Waals surface area contributed by atoms with E-state index in [2.05, 4.69) is 30.5 Å². The van der Waals surface area contributed by atoms with E-state index in [0.29, 0.717) is 23.8 Å². The van der Waals surface area contributed by atoms with Gasteiger partial charge >= 0.3 is 0 Å². The largest absolute Gasteiger partial charge is 0.492 e. The summed E-state index contributed by atoms with van der Waals surface area (Å²) in [7, 11) is 0. The number of hydrogen-bond donors (Lipinski definition) is 1. The van der Waals surface area contributed by atoms with E-state index < -0.39 is 0 Å². The van der Waals surface area contributed by atoms with Crippen molar-refractivity contribution in [2.75, 3.05) is 13.2 Å². The molecule has 0 spiro atoms. The van der Waals surface area contributed by atoms with Crippen LogP contribution in [-0.4, -0.2) is 27.9 Å². The van der Waals surface area contributed by atoms with Crippen LogP contribution in [0.25, 0.3) is 11.0 Å². The number of aliphatic hydroxyl groups excluding tert-OH is 1. The molecule has 0 saturated heterocycles. The van der Waals surface area contributed by atoms with Crippen LogP contribution < -0.4 is 4.74 Å². The maximum atomic E-state index is 9.34. The topological polar surface area (TPSA) is 47.3 Å². The summed E-state index contributed by atoms with van der Waals surface area (Å²) >= 11 is 6.11. The smallest absolute Gasteiger partial charge is 0.137 e. The number of aryl methyl sites for hydroxylation is 3. The molecule has 3 rings (SSSR count). The number of hydrogen-bond acceptors (Lipinski definition) is 3. The molecule has 1 aromatic heterocycles. The molecule has 4 nitrogen and oxygen atoms in total. The van der Waals surface area contributed by atoms with E-state index in [1.807, 2.05) is 24.3 Å². The summed E-state index contributed by atoms with van der Waals surface area (Å²) in [5.41, 5.74) is 4.58. The van der Waals surface area contributed by atoms with Gasteiger partial charge in [-0.1, -0.05) is 23.7 Å². The van der Waals surface area contributed by atoms with Gasteiger partial charge in [0.2, 0.25) is 0 Å². The molecular weight excluding hydrogens is 336 g/mol. The second-order valence-electron chi connectivity index (χ2n) is 6.21. The first-order valence-electron chi connectivity index (χ1n) is 8.54. The molecule has 0 bridgehead atoms. The number of imidazole rings is 1. The molecule has 0 fully saturated rings. The van der Waals surface area contributed by atoms with Crippen molar-refractivity contribution in [3.8, 4) is 5.75 Å². The summed E-state index contributed by atoms with van der Waals surface area (Å²) < 4.78 is 7.96. The zero-order valence-corrected chi connectivity index (χ0v) is 15.4. The third-order valence-corrected chi connectivity index (χ3v) is 4.71. The lowest BCUT2D eigenvalue weighted by atomic mass is 10.1. The fourth-order valence-electron chi connectivity index (χ4n) is 2.94. The Balaban J connectivity index is 1.74. The van der Waals surface area contributed by atoms with E-state index in [0.717, 1.165) is 29.8 Å². The maximum Gasteiger partial charge on any atom is 0.137 e. The number of ether oxygens (including phenoxy) is 1. The van der Waals surface area contributed by atoms with Gasteiger partial charge in [0.1, 0.15) is 11.6 Å². The van der Waals surface area contributed by atoms with E-state index in [1.165, 1.54) is 11.1 Å². The van der Waals surface area contributed by atoms with Gasteiger partial charge in [0.25, 0.3) is 0 Å². The molecule has 0 aliphatic carbocycles. The zero-order chi connectivity index (χ0) is 17.8. The van der Waals surface area contributed by atoms with Crippen molar-refractivity contribution in [1.82, 2.24) is 9.55 Å². The predicted molar refractivity (Wildman–Crippen MR) is 102 cm³/mol. The Labute approximate surface area is 153 Å². The van der Waals surface area contributed by atoms with Gasteiger partial charge in [-0.25, -0.2) is 4.98 Å². The SMILES string of the molecule is Cc1cc2nc(CCO)n(CCCOc3ccccc3Cl)c2cc1C. The van der Waals surface area contributed by atoms with Crippen LogP contribution >= 0.6 is 11.6 Å². The van der Waals surface area contributed by atoms with Gasteiger partial charge < -0.3 is 14.4 Å². The molecule has 0 amide bonds. The van der Waals surface area contributed by atoms with Crippen molar-refractivity contribution in [2.45, 2.75) is 33.2 Å². The number of halogens is 1. The normalized spacial score (nSPS) is 11.2. The minimum absolute atomic E-state index is 0.0947. The van der Waals surface area contributed by atoms with E-state index in [1.54, 1.807) is 0 Å². The van der Waals surface area contributed by atoms with Gasteiger partial charge in [0.15, 0.2) is 0 Å². The van der Waals surface area contributed by atoms with Crippen LogP contribution in [0.3, 0.4) is 0 Å². The molecule has 0 aliphatic rings. The molecule has 0 unspecified atom stereocenters. The summed E-state index contributed by atoms with van der Waals surface area (Å²) in [5.74, 6) is 1.63. The monoisotopic (exact) mass is 358 g/mol. The molecule has 25 heavy (non-hydrogen) atoms. The van der Waals surface area contributed by atoms with Crippen molar-refractivity contribution in [1.29, 1.82) is 0 Å².